The Labute approximate surface area is 175 Å². The minimum atomic E-state index is -0.210. The van der Waals surface area contributed by atoms with Crippen LogP contribution in [-0.2, 0) is 0 Å². The number of aromatic hydroxyl groups is 1. The van der Waals surface area contributed by atoms with Crippen molar-refractivity contribution in [3.63, 3.8) is 0 Å². The third-order valence-corrected chi connectivity index (χ3v) is 5.35. The molecule has 0 spiro atoms. The van der Waals surface area contributed by atoms with E-state index < -0.39 is 0 Å². The lowest BCUT2D eigenvalue weighted by Gasteiger charge is -2.33. The fourth-order valence-electron chi connectivity index (χ4n) is 3.48. The number of hydrogen-bond donors (Lipinski definition) is 3. The highest BCUT2D eigenvalue weighted by atomic mass is 35.5. The molecule has 1 aliphatic heterocycles. The zero-order valence-electron chi connectivity index (χ0n) is 16.3. The third kappa shape index (κ3) is 4.24. The van der Waals surface area contributed by atoms with Crippen LogP contribution >= 0.6 is 11.6 Å². The Hall–Kier alpha value is -2.95. The number of ether oxygens (including phenoxy) is 1. The molecule has 0 fully saturated rings. The Balaban J connectivity index is 1.75. The van der Waals surface area contributed by atoms with Crippen molar-refractivity contribution >= 4 is 17.3 Å². The van der Waals surface area contributed by atoms with Crippen molar-refractivity contribution in [1.82, 2.24) is 10.6 Å². The lowest BCUT2D eigenvalue weighted by Crippen LogP contribution is -2.39. The van der Waals surface area contributed by atoms with E-state index in [4.69, 9.17) is 16.3 Å². The first-order valence-corrected chi connectivity index (χ1v) is 9.85. The normalized spacial score (nSPS) is 18.7. The molecule has 29 heavy (non-hydrogen) atoms. The second kappa shape index (κ2) is 8.19. The van der Waals surface area contributed by atoms with E-state index in [9.17, 15) is 5.11 Å². The SMILES string of the molecule is COc1ccc(C2=CC(c3cc(Cl)ccc3O)NC(c3ccc(C)cc3)N2)cc1. The minimum absolute atomic E-state index is 0.124. The molecule has 0 bridgehead atoms. The number of benzene rings is 3. The number of rotatable bonds is 4. The van der Waals surface area contributed by atoms with Crippen LogP contribution in [0.2, 0.25) is 5.02 Å². The van der Waals surface area contributed by atoms with E-state index in [2.05, 4.69) is 47.9 Å². The van der Waals surface area contributed by atoms with Crippen LogP contribution in [-0.4, -0.2) is 12.2 Å². The Morgan fingerprint density at radius 3 is 2.38 bits per heavy atom. The second-order valence-corrected chi connectivity index (χ2v) is 7.58. The van der Waals surface area contributed by atoms with Crippen molar-refractivity contribution in [1.29, 1.82) is 0 Å². The molecule has 3 N–H and O–H groups in total. The Morgan fingerprint density at radius 1 is 0.966 bits per heavy atom. The van der Waals surface area contributed by atoms with E-state index in [1.807, 2.05) is 24.3 Å². The summed E-state index contributed by atoms with van der Waals surface area (Å²) in [4.78, 5) is 0. The third-order valence-electron chi connectivity index (χ3n) is 5.12. The standard InChI is InChI=1S/C24H23ClN2O2/c1-15-3-5-17(6-4-15)24-26-21(16-7-10-19(29-2)11-8-16)14-22(27-24)20-13-18(25)9-12-23(20)28/h3-14,22,24,26-28H,1-2H3. The molecule has 3 aromatic carbocycles. The average Bonchev–Trinajstić information content (AvgIpc) is 2.75. The van der Waals surface area contributed by atoms with Crippen molar-refractivity contribution in [2.45, 2.75) is 19.1 Å². The number of hydrogen-bond acceptors (Lipinski definition) is 4. The van der Waals surface area contributed by atoms with Crippen LogP contribution in [0.4, 0.5) is 0 Å². The molecule has 5 heteroatoms. The van der Waals surface area contributed by atoms with Gasteiger partial charge < -0.3 is 15.2 Å². The Kier molecular flexibility index (Phi) is 5.47. The van der Waals surface area contributed by atoms with Crippen LogP contribution in [0.15, 0.2) is 72.8 Å². The summed E-state index contributed by atoms with van der Waals surface area (Å²) < 4.78 is 5.28. The molecule has 148 valence electrons. The molecule has 0 aromatic heterocycles. The van der Waals surface area contributed by atoms with Gasteiger partial charge in [0.25, 0.3) is 0 Å². The van der Waals surface area contributed by atoms with Gasteiger partial charge in [-0.1, -0.05) is 41.4 Å². The monoisotopic (exact) mass is 406 g/mol. The van der Waals surface area contributed by atoms with Crippen LogP contribution in [0.3, 0.4) is 0 Å². The highest BCUT2D eigenvalue weighted by molar-refractivity contribution is 6.30. The largest absolute Gasteiger partial charge is 0.508 e. The molecule has 4 rings (SSSR count). The fourth-order valence-corrected chi connectivity index (χ4v) is 3.66. The van der Waals surface area contributed by atoms with Gasteiger partial charge in [-0.25, -0.2) is 0 Å². The van der Waals surface area contributed by atoms with Gasteiger partial charge in [-0.05, 0) is 66.6 Å². The molecule has 3 aromatic rings. The molecule has 2 unspecified atom stereocenters. The highest BCUT2D eigenvalue weighted by Gasteiger charge is 2.25. The van der Waals surface area contributed by atoms with E-state index in [0.29, 0.717) is 5.02 Å². The highest BCUT2D eigenvalue weighted by Crippen LogP contribution is 2.35. The van der Waals surface area contributed by atoms with Crippen LogP contribution in [0, 0.1) is 6.92 Å². The average molecular weight is 407 g/mol. The summed E-state index contributed by atoms with van der Waals surface area (Å²) in [6.45, 7) is 2.07. The van der Waals surface area contributed by atoms with Crippen molar-refractivity contribution in [2.75, 3.05) is 7.11 Å². The smallest absolute Gasteiger partial charge is 0.120 e. The van der Waals surface area contributed by atoms with Gasteiger partial charge in [-0.3, -0.25) is 5.32 Å². The minimum Gasteiger partial charge on any atom is -0.508 e. The van der Waals surface area contributed by atoms with Crippen molar-refractivity contribution in [2.24, 2.45) is 0 Å². The molecule has 2 atom stereocenters. The molecule has 4 nitrogen and oxygen atoms in total. The van der Waals surface area contributed by atoms with E-state index in [1.54, 1.807) is 25.3 Å². The topological polar surface area (TPSA) is 53.5 Å². The maximum absolute atomic E-state index is 10.4. The summed E-state index contributed by atoms with van der Waals surface area (Å²) in [6.07, 6.45) is 1.94. The van der Waals surface area contributed by atoms with Gasteiger partial charge in [-0.15, -0.1) is 0 Å². The first kappa shape index (κ1) is 19.4. The van der Waals surface area contributed by atoms with Gasteiger partial charge in [0.1, 0.15) is 17.7 Å². The number of aryl methyl sites for hydroxylation is 1. The molecule has 0 amide bonds. The van der Waals surface area contributed by atoms with Crippen molar-refractivity contribution < 1.29 is 9.84 Å². The molecule has 0 saturated heterocycles. The van der Waals surface area contributed by atoms with Gasteiger partial charge >= 0.3 is 0 Å². The Bertz CT molecular complexity index is 1030. The summed E-state index contributed by atoms with van der Waals surface area (Å²) in [7, 11) is 1.66. The van der Waals surface area contributed by atoms with Gasteiger partial charge in [-0.2, -0.15) is 0 Å². The van der Waals surface area contributed by atoms with Crippen LogP contribution in [0.5, 0.6) is 11.5 Å². The fraction of sp³-hybridized carbons (Fsp3) is 0.167. The van der Waals surface area contributed by atoms with Crippen LogP contribution in [0.1, 0.15) is 34.5 Å². The maximum atomic E-state index is 10.4. The second-order valence-electron chi connectivity index (χ2n) is 7.14. The predicted molar refractivity (Wildman–Crippen MR) is 117 cm³/mol. The summed E-state index contributed by atoms with van der Waals surface area (Å²) in [5.74, 6) is 1.02. The Morgan fingerprint density at radius 2 is 1.69 bits per heavy atom. The van der Waals surface area contributed by atoms with Crippen molar-refractivity contribution in [3.05, 3.63) is 100 Å². The summed E-state index contributed by atoms with van der Waals surface area (Å²) in [6, 6.07) is 21.2. The molecule has 0 aliphatic carbocycles. The van der Waals surface area contributed by atoms with Gasteiger partial charge in [0, 0.05) is 16.3 Å². The van der Waals surface area contributed by atoms with E-state index in [1.165, 1.54) is 5.56 Å². The molecular formula is C24H23ClN2O2. The lowest BCUT2D eigenvalue weighted by atomic mass is 9.97. The molecule has 1 heterocycles. The van der Waals surface area contributed by atoms with Gasteiger partial charge in [0.2, 0.25) is 0 Å². The van der Waals surface area contributed by atoms with Gasteiger partial charge in [0.05, 0.1) is 13.2 Å². The lowest BCUT2D eigenvalue weighted by molar-refractivity contribution is 0.414. The summed E-state index contributed by atoms with van der Waals surface area (Å²) in [5, 5.41) is 18.2. The maximum Gasteiger partial charge on any atom is 0.120 e. The van der Waals surface area contributed by atoms with E-state index in [-0.39, 0.29) is 18.0 Å². The molecular weight excluding hydrogens is 384 g/mol. The number of phenolic OH excluding ortho intramolecular Hbond substituents is 1. The van der Waals surface area contributed by atoms with E-state index >= 15 is 0 Å². The quantitative estimate of drug-likeness (QED) is 0.547. The number of methoxy groups -OCH3 is 1. The molecule has 0 saturated carbocycles. The van der Waals surface area contributed by atoms with Gasteiger partial charge in [0.15, 0.2) is 0 Å². The summed E-state index contributed by atoms with van der Waals surface area (Å²) >= 11 is 6.20. The van der Waals surface area contributed by atoms with E-state index in [0.717, 1.165) is 28.1 Å². The molecule has 0 radical (unpaired) electrons. The summed E-state index contributed by atoms with van der Waals surface area (Å²) in [5.41, 5.74) is 5.07. The predicted octanol–water partition coefficient (Wildman–Crippen LogP) is 5.34. The zero-order chi connectivity index (χ0) is 20.4. The first-order valence-electron chi connectivity index (χ1n) is 9.47. The number of nitrogens with one attached hydrogen (secondary N) is 2. The molecule has 1 aliphatic rings. The van der Waals surface area contributed by atoms with Crippen LogP contribution < -0.4 is 15.4 Å². The van der Waals surface area contributed by atoms with Crippen LogP contribution in [0.25, 0.3) is 5.70 Å². The number of phenols is 1. The first-order chi connectivity index (χ1) is 14.0. The van der Waals surface area contributed by atoms with Crippen molar-refractivity contribution in [3.8, 4) is 11.5 Å². The number of halogens is 1. The zero-order valence-corrected chi connectivity index (χ0v) is 17.1.